The molecule has 22 heavy (non-hydrogen) atoms. The number of fused-ring (bicyclic) bond motifs is 1. The van der Waals surface area contributed by atoms with E-state index in [2.05, 4.69) is 4.98 Å². The van der Waals surface area contributed by atoms with Crippen LogP contribution < -0.4 is 5.73 Å². The average molecular weight is 317 g/mol. The molecule has 1 aliphatic rings. The summed E-state index contributed by atoms with van der Waals surface area (Å²) >= 11 is 1.65. The Labute approximate surface area is 133 Å². The number of nitrogens with zero attached hydrogens (tertiary/aromatic N) is 2. The summed E-state index contributed by atoms with van der Waals surface area (Å²) in [5.74, 6) is -0.183. The van der Waals surface area contributed by atoms with Crippen LogP contribution in [0.3, 0.4) is 0 Å². The van der Waals surface area contributed by atoms with Gasteiger partial charge >= 0.3 is 0 Å². The lowest BCUT2D eigenvalue weighted by Crippen LogP contribution is -2.41. The van der Waals surface area contributed by atoms with Gasteiger partial charge < -0.3 is 10.6 Å². The van der Waals surface area contributed by atoms with Gasteiger partial charge in [0.2, 0.25) is 11.8 Å². The monoisotopic (exact) mass is 317 g/mol. The van der Waals surface area contributed by atoms with E-state index in [4.69, 9.17) is 5.73 Å². The third-order valence-corrected chi connectivity index (χ3v) is 5.24. The molecular formula is C16H19N3O2S. The van der Waals surface area contributed by atoms with Gasteiger partial charge in [-0.3, -0.25) is 9.59 Å². The van der Waals surface area contributed by atoms with Gasteiger partial charge in [0.25, 0.3) is 0 Å². The number of benzene rings is 1. The number of carbonyl (C=O) groups is 2. The van der Waals surface area contributed by atoms with Gasteiger partial charge in [-0.25, -0.2) is 4.98 Å². The van der Waals surface area contributed by atoms with E-state index in [1.54, 1.807) is 11.3 Å². The Hall–Kier alpha value is -1.95. The molecule has 3 rings (SSSR count). The maximum absolute atomic E-state index is 12.2. The van der Waals surface area contributed by atoms with Gasteiger partial charge in [-0.05, 0) is 25.0 Å². The summed E-state index contributed by atoms with van der Waals surface area (Å²) in [7, 11) is 0. The predicted molar refractivity (Wildman–Crippen MR) is 86.4 cm³/mol. The number of primary amides is 1. The van der Waals surface area contributed by atoms with Gasteiger partial charge in [0.05, 0.1) is 15.2 Å². The van der Waals surface area contributed by atoms with Crippen LogP contribution in [0.4, 0.5) is 0 Å². The molecule has 0 radical (unpaired) electrons. The van der Waals surface area contributed by atoms with Gasteiger partial charge in [0.1, 0.15) is 0 Å². The van der Waals surface area contributed by atoms with Crippen LogP contribution in [0.5, 0.6) is 0 Å². The van der Waals surface area contributed by atoms with Crippen LogP contribution in [-0.4, -0.2) is 34.8 Å². The molecule has 1 aliphatic heterocycles. The Morgan fingerprint density at radius 1 is 1.27 bits per heavy atom. The maximum Gasteiger partial charge on any atom is 0.222 e. The molecule has 1 fully saturated rings. The van der Waals surface area contributed by atoms with Crippen molar-refractivity contribution in [3.05, 3.63) is 29.3 Å². The fourth-order valence-electron chi connectivity index (χ4n) is 2.81. The summed E-state index contributed by atoms with van der Waals surface area (Å²) in [5, 5.41) is 1.00. The van der Waals surface area contributed by atoms with Crippen molar-refractivity contribution in [2.24, 2.45) is 11.7 Å². The second kappa shape index (κ2) is 6.44. The van der Waals surface area contributed by atoms with E-state index in [-0.39, 0.29) is 17.7 Å². The molecule has 1 saturated heterocycles. The molecule has 2 heterocycles. The second-order valence-electron chi connectivity index (χ2n) is 5.63. The zero-order chi connectivity index (χ0) is 15.5. The van der Waals surface area contributed by atoms with Crippen molar-refractivity contribution in [1.82, 2.24) is 9.88 Å². The van der Waals surface area contributed by atoms with Crippen LogP contribution in [0.25, 0.3) is 10.2 Å². The Bertz CT molecular complexity index is 657. The van der Waals surface area contributed by atoms with E-state index in [1.165, 1.54) is 0 Å². The molecule has 2 aromatic rings. The Morgan fingerprint density at radius 2 is 2.00 bits per heavy atom. The minimum Gasteiger partial charge on any atom is -0.369 e. The van der Waals surface area contributed by atoms with Crippen molar-refractivity contribution in [3.63, 3.8) is 0 Å². The number of nitrogens with two attached hydrogens (primary N) is 1. The van der Waals surface area contributed by atoms with Crippen LogP contribution in [0.2, 0.25) is 0 Å². The highest BCUT2D eigenvalue weighted by Gasteiger charge is 2.25. The van der Waals surface area contributed by atoms with Crippen molar-refractivity contribution >= 4 is 33.4 Å². The first-order valence-corrected chi connectivity index (χ1v) is 8.36. The summed E-state index contributed by atoms with van der Waals surface area (Å²) < 4.78 is 1.16. The predicted octanol–water partition coefficient (Wildman–Crippen LogP) is 1.95. The highest BCUT2D eigenvalue weighted by molar-refractivity contribution is 7.18. The van der Waals surface area contributed by atoms with Crippen molar-refractivity contribution < 1.29 is 9.59 Å². The number of thiazole rings is 1. The molecule has 0 spiro atoms. The number of amides is 2. The molecule has 6 heteroatoms. The minimum absolute atomic E-state index is 0.0756. The van der Waals surface area contributed by atoms with Crippen molar-refractivity contribution in [2.45, 2.75) is 25.7 Å². The van der Waals surface area contributed by atoms with E-state index < -0.39 is 0 Å². The summed E-state index contributed by atoms with van der Waals surface area (Å²) in [6, 6.07) is 8.01. The number of para-hydroxylation sites is 1. The first-order valence-electron chi connectivity index (χ1n) is 7.55. The number of aromatic nitrogens is 1. The van der Waals surface area contributed by atoms with Gasteiger partial charge in [-0.1, -0.05) is 12.1 Å². The molecule has 5 nitrogen and oxygen atoms in total. The molecule has 1 aromatic heterocycles. The van der Waals surface area contributed by atoms with Crippen molar-refractivity contribution in [3.8, 4) is 0 Å². The Kier molecular flexibility index (Phi) is 4.38. The molecule has 1 aromatic carbocycles. The summed E-state index contributed by atoms with van der Waals surface area (Å²) in [6.07, 6.45) is 2.51. The van der Waals surface area contributed by atoms with Crippen molar-refractivity contribution in [1.29, 1.82) is 0 Å². The zero-order valence-corrected chi connectivity index (χ0v) is 13.1. The summed E-state index contributed by atoms with van der Waals surface area (Å²) in [5.41, 5.74) is 6.31. The number of hydrogen-bond donors (Lipinski definition) is 1. The van der Waals surface area contributed by atoms with Crippen LogP contribution in [0, 0.1) is 5.92 Å². The number of carbonyl (C=O) groups excluding carboxylic acids is 2. The van der Waals surface area contributed by atoms with Crippen molar-refractivity contribution in [2.75, 3.05) is 13.1 Å². The average Bonchev–Trinajstić information content (AvgIpc) is 2.95. The number of rotatable bonds is 4. The molecule has 116 valence electrons. The lowest BCUT2D eigenvalue weighted by Gasteiger charge is -2.30. The van der Waals surface area contributed by atoms with E-state index in [0.29, 0.717) is 38.8 Å². The zero-order valence-electron chi connectivity index (χ0n) is 12.3. The Morgan fingerprint density at radius 3 is 2.68 bits per heavy atom. The molecule has 0 saturated carbocycles. The first-order chi connectivity index (χ1) is 10.6. The number of hydrogen-bond acceptors (Lipinski definition) is 4. The molecular weight excluding hydrogens is 298 g/mol. The maximum atomic E-state index is 12.2. The number of piperidine rings is 1. The second-order valence-corrected chi connectivity index (χ2v) is 6.75. The van der Waals surface area contributed by atoms with Gasteiger partial charge in [0.15, 0.2) is 0 Å². The summed E-state index contributed by atoms with van der Waals surface area (Å²) in [4.78, 5) is 29.8. The van der Waals surface area contributed by atoms with E-state index >= 15 is 0 Å². The lowest BCUT2D eigenvalue weighted by molar-refractivity contribution is -0.134. The van der Waals surface area contributed by atoms with E-state index in [1.807, 2.05) is 29.2 Å². The number of likely N-dealkylation sites (tertiary alicyclic amines) is 1. The van der Waals surface area contributed by atoms with E-state index in [0.717, 1.165) is 15.2 Å². The standard InChI is InChI=1S/C16H19N3O2S/c17-16(21)11-7-9-19(10-8-11)15(20)6-5-14-18-12-3-1-2-4-13(12)22-14/h1-4,11H,5-10H2,(H2,17,21). The molecule has 0 atom stereocenters. The lowest BCUT2D eigenvalue weighted by atomic mass is 9.96. The topological polar surface area (TPSA) is 76.3 Å². The minimum atomic E-state index is -0.249. The quantitative estimate of drug-likeness (QED) is 0.936. The first kappa shape index (κ1) is 15.0. The van der Waals surface area contributed by atoms with E-state index in [9.17, 15) is 9.59 Å². The normalized spacial score (nSPS) is 16.1. The molecule has 0 bridgehead atoms. The number of aryl methyl sites for hydroxylation is 1. The van der Waals surface area contributed by atoms with Gasteiger partial charge in [-0.2, -0.15) is 0 Å². The van der Waals surface area contributed by atoms with Crippen LogP contribution in [0.15, 0.2) is 24.3 Å². The van der Waals surface area contributed by atoms with Crippen LogP contribution in [0.1, 0.15) is 24.3 Å². The molecule has 2 N–H and O–H groups in total. The van der Waals surface area contributed by atoms with Gasteiger partial charge in [0, 0.05) is 31.8 Å². The Balaban J connectivity index is 1.53. The smallest absolute Gasteiger partial charge is 0.222 e. The SMILES string of the molecule is NC(=O)C1CCN(C(=O)CCc2nc3ccccc3s2)CC1. The third kappa shape index (κ3) is 3.27. The highest BCUT2D eigenvalue weighted by Crippen LogP contribution is 2.23. The molecule has 0 aliphatic carbocycles. The molecule has 2 amide bonds. The molecule has 0 unspecified atom stereocenters. The van der Waals surface area contributed by atoms with Crippen LogP contribution in [-0.2, 0) is 16.0 Å². The summed E-state index contributed by atoms with van der Waals surface area (Å²) in [6.45, 7) is 1.26. The fraction of sp³-hybridized carbons (Fsp3) is 0.438. The fourth-order valence-corrected chi connectivity index (χ4v) is 3.78. The van der Waals surface area contributed by atoms with Gasteiger partial charge in [-0.15, -0.1) is 11.3 Å². The largest absolute Gasteiger partial charge is 0.369 e. The highest BCUT2D eigenvalue weighted by atomic mass is 32.1. The van der Waals surface area contributed by atoms with Crippen LogP contribution >= 0.6 is 11.3 Å². The third-order valence-electron chi connectivity index (χ3n) is 4.14.